The van der Waals surface area contributed by atoms with E-state index in [0.717, 1.165) is 39.5 Å². The van der Waals surface area contributed by atoms with Gasteiger partial charge in [0.25, 0.3) is 0 Å². The van der Waals surface area contributed by atoms with E-state index >= 15 is 0 Å². The van der Waals surface area contributed by atoms with E-state index in [0.29, 0.717) is 12.6 Å². The molecule has 0 aliphatic heterocycles. The number of para-hydroxylation sites is 1. The van der Waals surface area contributed by atoms with Gasteiger partial charge in [0.05, 0.1) is 11.4 Å². The minimum atomic E-state index is 0.548. The zero-order valence-electron chi connectivity index (χ0n) is 17.3. The van der Waals surface area contributed by atoms with Crippen LogP contribution in [-0.2, 0) is 6.54 Å². The molecule has 3 aromatic rings. The molecular formula is C25H28N4S. The molecule has 1 aromatic heterocycles. The molecule has 2 aliphatic rings. The van der Waals surface area contributed by atoms with Crippen molar-refractivity contribution in [2.45, 2.75) is 45.2 Å². The minimum Gasteiger partial charge on any atom is -0.360 e. The molecule has 30 heavy (non-hydrogen) atoms. The smallest absolute Gasteiger partial charge is 0.166 e. The maximum absolute atomic E-state index is 5.63. The Kier molecular flexibility index (Phi) is 5.30. The summed E-state index contributed by atoms with van der Waals surface area (Å²) in [7, 11) is 0. The van der Waals surface area contributed by atoms with Gasteiger partial charge in [0, 0.05) is 29.9 Å². The highest BCUT2D eigenvalue weighted by Gasteiger charge is 2.39. The van der Waals surface area contributed by atoms with Crippen LogP contribution in [0.25, 0.3) is 16.9 Å². The molecule has 0 unspecified atom stereocenters. The third kappa shape index (κ3) is 3.99. The van der Waals surface area contributed by atoms with E-state index in [1.807, 2.05) is 22.9 Å². The number of hydrogen-bond acceptors (Lipinski definition) is 2. The van der Waals surface area contributed by atoms with Crippen molar-refractivity contribution in [3.05, 3.63) is 71.9 Å². The lowest BCUT2D eigenvalue weighted by Gasteiger charge is -2.24. The maximum Gasteiger partial charge on any atom is 0.166 e. The van der Waals surface area contributed by atoms with Gasteiger partial charge in [-0.25, -0.2) is 4.68 Å². The van der Waals surface area contributed by atoms with Gasteiger partial charge in [0.1, 0.15) is 0 Å². The summed E-state index contributed by atoms with van der Waals surface area (Å²) in [6.45, 7) is 2.76. The Morgan fingerprint density at radius 1 is 1.07 bits per heavy atom. The van der Waals surface area contributed by atoms with Gasteiger partial charge in [0.15, 0.2) is 5.11 Å². The van der Waals surface area contributed by atoms with Crippen LogP contribution in [0.15, 0.2) is 60.8 Å². The SMILES string of the molecule is Cc1ccc(-c2nn(-c3ccccc3)cc2CNC(=S)N[C@@H]2C[C@H]3CC[C@@H]2C3)cc1. The largest absolute Gasteiger partial charge is 0.360 e. The molecule has 4 nitrogen and oxygen atoms in total. The third-order valence-corrected chi connectivity index (χ3v) is 6.89. The average Bonchev–Trinajstić information content (AvgIpc) is 3.49. The first-order chi connectivity index (χ1) is 14.7. The predicted octanol–water partition coefficient (Wildman–Crippen LogP) is 5.00. The summed E-state index contributed by atoms with van der Waals surface area (Å²) in [5.74, 6) is 1.71. The number of thiocarbonyl (C=S) groups is 1. The van der Waals surface area contributed by atoms with Gasteiger partial charge in [-0.15, -0.1) is 0 Å². The Hall–Kier alpha value is -2.66. The number of aromatic nitrogens is 2. The zero-order valence-corrected chi connectivity index (χ0v) is 18.2. The first-order valence-corrected chi connectivity index (χ1v) is 11.3. The van der Waals surface area contributed by atoms with Crippen molar-refractivity contribution in [3.8, 4) is 16.9 Å². The van der Waals surface area contributed by atoms with Gasteiger partial charge in [-0.1, -0.05) is 54.4 Å². The summed E-state index contributed by atoms with van der Waals surface area (Å²) < 4.78 is 1.96. The molecule has 5 rings (SSSR count). The standard InChI is InChI=1S/C25H28N4S/c1-17-7-10-19(11-8-17)24-21(16-29(28-24)22-5-3-2-4-6-22)15-26-25(30)27-23-14-18-9-12-20(23)13-18/h2-8,10-11,16,18,20,23H,9,12-15H2,1H3,(H2,26,27,30)/t18-,20+,23+/m0/s1. The van der Waals surface area contributed by atoms with Crippen LogP contribution in [0, 0.1) is 18.8 Å². The Balaban J connectivity index is 1.34. The van der Waals surface area contributed by atoms with Crippen LogP contribution in [0.5, 0.6) is 0 Å². The summed E-state index contributed by atoms with van der Waals surface area (Å²) in [6, 6.07) is 19.3. The predicted molar refractivity (Wildman–Crippen MR) is 126 cm³/mol. The highest BCUT2D eigenvalue weighted by molar-refractivity contribution is 7.80. The van der Waals surface area contributed by atoms with Crippen molar-refractivity contribution in [1.82, 2.24) is 20.4 Å². The molecule has 2 aromatic carbocycles. The summed E-state index contributed by atoms with van der Waals surface area (Å²) >= 11 is 5.63. The van der Waals surface area contributed by atoms with Gasteiger partial charge in [-0.2, -0.15) is 5.10 Å². The molecule has 2 fully saturated rings. The van der Waals surface area contributed by atoms with Crippen LogP contribution in [0.3, 0.4) is 0 Å². The van der Waals surface area contributed by atoms with Crippen LogP contribution in [0.2, 0.25) is 0 Å². The second-order valence-electron chi connectivity index (χ2n) is 8.76. The molecule has 0 amide bonds. The van der Waals surface area contributed by atoms with E-state index in [-0.39, 0.29) is 0 Å². The molecule has 154 valence electrons. The number of nitrogens with zero attached hydrogens (tertiary/aromatic N) is 2. The summed E-state index contributed by atoms with van der Waals surface area (Å²) in [6.07, 6.45) is 7.51. The molecule has 2 saturated carbocycles. The molecule has 5 heteroatoms. The fourth-order valence-corrected chi connectivity index (χ4v) is 5.25. The second-order valence-corrected chi connectivity index (χ2v) is 9.17. The molecule has 0 saturated heterocycles. The number of benzene rings is 2. The van der Waals surface area contributed by atoms with E-state index in [9.17, 15) is 0 Å². The first-order valence-electron chi connectivity index (χ1n) is 10.9. The number of rotatable bonds is 5. The van der Waals surface area contributed by atoms with Gasteiger partial charge in [-0.05, 0) is 62.4 Å². The maximum atomic E-state index is 5.63. The van der Waals surface area contributed by atoms with E-state index in [2.05, 4.69) is 60.2 Å². The van der Waals surface area contributed by atoms with Crippen LogP contribution in [0.1, 0.15) is 36.8 Å². The monoisotopic (exact) mass is 416 g/mol. The summed E-state index contributed by atoms with van der Waals surface area (Å²) in [5.41, 5.74) is 5.56. The lowest BCUT2D eigenvalue weighted by molar-refractivity contribution is 0.389. The Bertz CT molecular complexity index is 1030. The topological polar surface area (TPSA) is 41.9 Å². The fraction of sp³-hybridized carbons (Fsp3) is 0.360. The molecule has 2 N–H and O–H groups in total. The van der Waals surface area contributed by atoms with Gasteiger partial charge >= 0.3 is 0 Å². The van der Waals surface area contributed by atoms with Crippen molar-refractivity contribution < 1.29 is 0 Å². The molecule has 0 spiro atoms. The summed E-state index contributed by atoms with van der Waals surface area (Å²) in [5, 5.41) is 12.7. The molecule has 3 atom stereocenters. The highest BCUT2D eigenvalue weighted by Crippen LogP contribution is 2.44. The van der Waals surface area contributed by atoms with E-state index in [4.69, 9.17) is 17.3 Å². The van der Waals surface area contributed by atoms with Crippen molar-refractivity contribution in [3.63, 3.8) is 0 Å². The van der Waals surface area contributed by atoms with E-state index in [1.165, 1.54) is 31.2 Å². The number of nitrogens with one attached hydrogen (secondary N) is 2. The molecule has 1 heterocycles. The van der Waals surface area contributed by atoms with Crippen molar-refractivity contribution >= 4 is 17.3 Å². The average molecular weight is 417 g/mol. The van der Waals surface area contributed by atoms with E-state index < -0.39 is 0 Å². The van der Waals surface area contributed by atoms with Crippen LogP contribution < -0.4 is 10.6 Å². The van der Waals surface area contributed by atoms with Crippen molar-refractivity contribution in [1.29, 1.82) is 0 Å². The normalized spacial score (nSPS) is 22.2. The van der Waals surface area contributed by atoms with Gasteiger partial charge < -0.3 is 10.6 Å². The van der Waals surface area contributed by atoms with Crippen LogP contribution >= 0.6 is 12.2 Å². The number of fused-ring (bicyclic) bond motifs is 2. The van der Waals surface area contributed by atoms with Gasteiger partial charge in [0.2, 0.25) is 0 Å². The molecule has 2 aliphatic carbocycles. The van der Waals surface area contributed by atoms with Crippen LogP contribution in [-0.4, -0.2) is 20.9 Å². The molecule has 0 radical (unpaired) electrons. The lowest BCUT2D eigenvalue weighted by Crippen LogP contribution is -2.43. The molecule has 2 bridgehead atoms. The lowest BCUT2D eigenvalue weighted by atomic mass is 9.96. The Morgan fingerprint density at radius 2 is 1.87 bits per heavy atom. The molecular weight excluding hydrogens is 388 g/mol. The minimum absolute atomic E-state index is 0.548. The summed E-state index contributed by atoms with van der Waals surface area (Å²) in [4.78, 5) is 0. The van der Waals surface area contributed by atoms with Crippen molar-refractivity contribution in [2.75, 3.05) is 0 Å². The Morgan fingerprint density at radius 3 is 2.57 bits per heavy atom. The van der Waals surface area contributed by atoms with Gasteiger partial charge in [-0.3, -0.25) is 0 Å². The Labute approximate surface area is 183 Å². The zero-order chi connectivity index (χ0) is 20.5. The second kappa shape index (κ2) is 8.23. The third-order valence-electron chi connectivity index (χ3n) is 6.63. The number of hydrogen-bond donors (Lipinski definition) is 2. The van der Waals surface area contributed by atoms with Crippen molar-refractivity contribution in [2.24, 2.45) is 11.8 Å². The quantitative estimate of drug-likeness (QED) is 0.575. The van der Waals surface area contributed by atoms with E-state index in [1.54, 1.807) is 0 Å². The highest BCUT2D eigenvalue weighted by atomic mass is 32.1. The first kappa shape index (κ1) is 19.3. The fourth-order valence-electron chi connectivity index (χ4n) is 5.02. The van der Waals surface area contributed by atoms with Crippen LogP contribution in [0.4, 0.5) is 0 Å². The number of aryl methyl sites for hydroxylation is 1.